The number of nitrogens with zero attached hydrogens (tertiary/aromatic N) is 4. The second kappa shape index (κ2) is 5.91. The molecule has 116 valence electrons. The van der Waals surface area contributed by atoms with E-state index < -0.39 is 0 Å². The summed E-state index contributed by atoms with van der Waals surface area (Å²) >= 11 is 0. The molecule has 1 aliphatic heterocycles. The third-order valence-electron chi connectivity index (χ3n) is 4.14. The van der Waals surface area contributed by atoms with Gasteiger partial charge in [0.2, 0.25) is 5.91 Å². The van der Waals surface area contributed by atoms with Crippen molar-refractivity contribution in [3.05, 3.63) is 30.1 Å². The molecule has 1 aliphatic rings. The van der Waals surface area contributed by atoms with Crippen LogP contribution in [0.1, 0.15) is 32.5 Å². The average molecular weight is 298 g/mol. The predicted octanol–water partition coefficient (Wildman–Crippen LogP) is 2.42. The number of piperazine rings is 1. The number of amides is 1. The van der Waals surface area contributed by atoms with E-state index in [2.05, 4.69) is 29.8 Å². The number of hydrogen-bond acceptors (Lipinski definition) is 4. The van der Waals surface area contributed by atoms with E-state index in [1.54, 1.807) is 6.92 Å². The van der Waals surface area contributed by atoms with Gasteiger partial charge in [-0.2, -0.15) is 0 Å². The fraction of sp³-hybridized carbons (Fsp3) is 0.471. The van der Waals surface area contributed by atoms with Crippen LogP contribution in [0.5, 0.6) is 0 Å². The minimum absolute atomic E-state index is 0.148. The third-order valence-corrected chi connectivity index (χ3v) is 4.14. The Bertz CT molecular complexity index is 690. The molecule has 2 heterocycles. The number of benzene rings is 1. The highest BCUT2D eigenvalue weighted by molar-refractivity contribution is 5.89. The van der Waals surface area contributed by atoms with Crippen molar-refractivity contribution in [3.63, 3.8) is 0 Å². The Labute approximate surface area is 131 Å². The van der Waals surface area contributed by atoms with E-state index in [1.807, 2.05) is 23.1 Å². The molecule has 0 unspecified atom stereocenters. The normalized spacial score (nSPS) is 15.6. The van der Waals surface area contributed by atoms with Crippen LogP contribution in [0.15, 0.2) is 24.3 Å². The zero-order valence-corrected chi connectivity index (χ0v) is 13.4. The smallest absolute Gasteiger partial charge is 0.219 e. The number of anilines is 1. The lowest BCUT2D eigenvalue weighted by molar-refractivity contribution is -0.129. The van der Waals surface area contributed by atoms with Crippen LogP contribution in [-0.4, -0.2) is 47.0 Å². The third kappa shape index (κ3) is 2.75. The van der Waals surface area contributed by atoms with Gasteiger partial charge in [0, 0.05) is 44.4 Å². The van der Waals surface area contributed by atoms with E-state index in [1.165, 1.54) is 0 Å². The van der Waals surface area contributed by atoms with Crippen molar-refractivity contribution < 1.29 is 4.79 Å². The highest BCUT2D eigenvalue weighted by Gasteiger charge is 2.22. The molecular weight excluding hydrogens is 276 g/mol. The fourth-order valence-corrected chi connectivity index (χ4v) is 2.81. The number of fused-ring (bicyclic) bond motifs is 1. The second-order valence-corrected chi connectivity index (χ2v) is 6.07. The summed E-state index contributed by atoms with van der Waals surface area (Å²) in [5.41, 5.74) is 0.991. The first-order valence-electron chi connectivity index (χ1n) is 7.83. The van der Waals surface area contributed by atoms with E-state index in [-0.39, 0.29) is 5.91 Å². The van der Waals surface area contributed by atoms with Crippen molar-refractivity contribution in [2.45, 2.75) is 26.7 Å². The van der Waals surface area contributed by atoms with Crippen molar-refractivity contribution in [1.82, 2.24) is 14.9 Å². The van der Waals surface area contributed by atoms with Crippen LogP contribution in [0.3, 0.4) is 0 Å². The Balaban J connectivity index is 1.97. The van der Waals surface area contributed by atoms with Gasteiger partial charge in [-0.3, -0.25) is 4.79 Å². The molecule has 1 aromatic heterocycles. The maximum atomic E-state index is 11.5. The van der Waals surface area contributed by atoms with Crippen molar-refractivity contribution in [1.29, 1.82) is 0 Å². The first-order chi connectivity index (χ1) is 10.6. The van der Waals surface area contributed by atoms with Crippen LogP contribution < -0.4 is 4.90 Å². The standard InChI is InChI=1S/C17H22N4O/c1-12(2)16-18-15-7-5-4-6-14(15)17(19-16)21-10-8-20(9-11-21)13(3)22/h4-7,12H,8-11H2,1-3H3. The minimum atomic E-state index is 0.148. The molecule has 1 fully saturated rings. The van der Waals surface area contributed by atoms with Crippen LogP contribution >= 0.6 is 0 Å². The summed E-state index contributed by atoms with van der Waals surface area (Å²) in [7, 11) is 0. The molecule has 0 aliphatic carbocycles. The highest BCUT2D eigenvalue weighted by Crippen LogP contribution is 2.26. The lowest BCUT2D eigenvalue weighted by Gasteiger charge is -2.35. The van der Waals surface area contributed by atoms with Gasteiger partial charge in [0.05, 0.1) is 5.52 Å². The van der Waals surface area contributed by atoms with Gasteiger partial charge in [0.25, 0.3) is 0 Å². The van der Waals surface area contributed by atoms with Gasteiger partial charge in [0.15, 0.2) is 0 Å². The topological polar surface area (TPSA) is 49.3 Å². The number of para-hydroxylation sites is 1. The predicted molar refractivity (Wildman–Crippen MR) is 88.1 cm³/mol. The largest absolute Gasteiger partial charge is 0.352 e. The van der Waals surface area contributed by atoms with Gasteiger partial charge < -0.3 is 9.80 Å². The Kier molecular flexibility index (Phi) is 3.96. The molecule has 22 heavy (non-hydrogen) atoms. The summed E-state index contributed by atoms with van der Waals surface area (Å²) < 4.78 is 0. The average Bonchev–Trinajstić information content (AvgIpc) is 2.53. The number of rotatable bonds is 2. The van der Waals surface area contributed by atoms with E-state index in [9.17, 15) is 4.79 Å². The fourth-order valence-electron chi connectivity index (χ4n) is 2.81. The molecule has 5 nitrogen and oxygen atoms in total. The summed E-state index contributed by atoms with van der Waals surface area (Å²) in [5.74, 6) is 2.32. The molecule has 5 heteroatoms. The lowest BCUT2D eigenvalue weighted by Crippen LogP contribution is -2.48. The number of hydrogen-bond donors (Lipinski definition) is 0. The summed E-state index contributed by atoms with van der Waals surface area (Å²) in [4.78, 5) is 25.1. The van der Waals surface area contributed by atoms with Gasteiger partial charge in [-0.1, -0.05) is 26.0 Å². The van der Waals surface area contributed by atoms with E-state index >= 15 is 0 Å². The molecule has 1 saturated heterocycles. The zero-order chi connectivity index (χ0) is 15.7. The number of aromatic nitrogens is 2. The second-order valence-electron chi connectivity index (χ2n) is 6.07. The molecule has 0 N–H and O–H groups in total. The quantitative estimate of drug-likeness (QED) is 0.854. The molecular formula is C17H22N4O. The monoisotopic (exact) mass is 298 g/mol. The Morgan fingerprint density at radius 1 is 1.09 bits per heavy atom. The van der Waals surface area contributed by atoms with Crippen LogP contribution in [0.2, 0.25) is 0 Å². The summed E-state index contributed by atoms with van der Waals surface area (Å²) in [5, 5.41) is 1.09. The summed E-state index contributed by atoms with van der Waals surface area (Å²) in [6.07, 6.45) is 0. The molecule has 1 amide bonds. The lowest BCUT2D eigenvalue weighted by atomic mass is 10.1. The van der Waals surface area contributed by atoms with Crippen molar-refractivity contribution >= 4 is 22.6 Å². The van der Waals surface area contributed by atoms with Gasteiger partial charge in [-0.25, -0.2) is 9.97 Å². The number of carbonyl (C=O) groups is 1. The molecule has 0 atom stereocenters. The molecule has 3 rings (SSSR count). The molecule has 0 radical (unpaired) electrons. The first-order valence-corrected chi connectivity index (χ1v) is 7.83. The van der Waals surface area contributed by atoms with Crippen LogP contribution in [0.4, 0.5) is 5.82 Å². The van der Waals surface area contributed by atoms with Crippen LogP contribution in [-0.2, 0) is 4.79 Å². The SMILES string of the molecule is CC(=O)N1CCN(c2nc(C(C)C)nc3ccccc23)CC1. The zero-order valence-electron chi connectivity index (χ0n) is 13.4. The first kappa shape index (κ1) is 14.8. The van der Waals surface area contributed by atoms with Crippen molar-refractivity contribution in [2.75, 3.05) is 31.1 Å². The van der Waals surface area contributed by atoms with Crippen LogP contribution in [0.25, 0.3) is 10.9 Å². The minimum Gasteiger partial charge on any atom is -0.352 e. The van der Waals surface area contributed by atoms with E-state index in [4.69, 9.17) is 4.98 Å². The Morgan fingerprint density at radius 2 is 1.77 bits per heavy atom. The van der Waals surface area contributed by atoms with Gasteiger partial charge in [-0.05, 0) is 12.1 Å². The molecule has 2 aromatic rings. The van der Waals surface area contributed by atoms with Gasteiger partial charge in [-0.15, -0.1) is 0 Å². The van der Waals surface area contributed by atoms with Crippen LogP contribution in [0, 0.1) is 0 Å². The Morgan fingerprint density at radius 3 is 2.41 bits per heavy atom. The van der Waals surface area contributed by atoms with E-state index in [0.717, 1.165) is 48.7 Å². The molecule has 1 aromatic carbocycles. The maximum Gasteiger partial charge on any atom is 0.219 e. The summed E-state index contributed by atoms with van der Waals surface area (Å²) in [6.45, 7) is 9.00. The molecule has 0 bridgehead atoms. The number of carbonyl (C=O) groups excluding carboxylic acids is 1. The van der Waals surface area contributed by atoms with Gasteiger partial charge >= 0.3 is 0 Å². The summed E-state index contributed by atoms with van der Waals surface area (Å²) in [6, 6.07) is 8.15. The Hall–Kier alpha value is -2.17. The van der Waals surface area contributed by atoms with Crippen molar-refractivity contribution in [3.8, 4) is 0 Å². The maximum absolute atomic E-state index is 11.5. The molecule has 0 spiro atoms. The van der Waals surface area contributed by atoms with Gasteiger partial charge in [0.1, 0.15) is 11.6 Å². The van der Waals surface area contributed by atoms with Crippen molar-refractivity contribution in [2.24, 2.45) is 0 Å². The molecule has 0 saturated carbocycles. The highest BCUT2D eigenvalue weighted by atomic mass is 16.2. The van der Waals surface area contributed by atoms with E-state index in [0.29, 0.717) is 5.92 Å².